The summed E-state index contributed by atoms with van der Waals surface area (Å²) in [6, 6.07) is 0. The second-order valence-electron chi connectivity index (χ2n) is 7.46. The van der Waals surface area contributed by atoms with Gasteiger partial charge in [-0.15, -0.1) is 0 Å². The second kappa shape index (κ2) is 13.3. The zero-order valence-electron chi connectivity index (χ0n) is 17.0. The van der Waals surface area contributed by atoms with Crippen LogP contribution in [-0.2, 0) is 23.7 Å². The Bertz CT molecular complexity index is 451. The zero-order chi connectivity index (χ0) is 23.0. The van der Waals surface area contributed by atoms with Crippen LogP contribution in [0.4, 0.5) is 0 Å². The summed E-state index contributed by atoms with van der Waals surface area (Å²) in [5, 5.41) is 76.7. The van der Waals surface area contributed by atoms with Gasteiger partial charge in [-0.2, -0.15) is 0 Å². The molecule has 184 valence electrons. The molecule has 13 nitrogen and oxygen atoms in total. The van der Waals surface area contributed by atoms with Gasteiger partial charge in [-0.05, 0) is 12.8 Å². The van der Waals surface area contributed by atoms with Crippen LogP contribution in [0.25, 0.3) is 0 Å². The van der Waals surface area contributed by atoms with Gasteiger partial charge in [0, 0.05) is 13.2 Å². The Balaban J connectivity index is 1.53. The lowest BCUT2D eigenvalue weighted by atomic mass is 9.99. The highest BCUT2D eigenvalue weighted by Gasteiger charge is 2.44. The Kier molecular flexibility index (Phi) is 11.4. The summed E-state index contributed by atoms with van der Waals surface area (Å²) >= 11 is 0. The van der Waals surface area contributed by atoms with E-state index in [1.54, 1.807) is 0 Å². The fourth-order valence-corrected chi connectivity index (χ4v) is 3.23. The largest absolute Gasteiger partial charge is 0.394 e. The predicted octanol–water partition coefficient (Wildman–Crippen LogP) is -4.58. The van der Waals surface area contributed by atoms with Gasteiger partial charge < -0.3 is 64.5 Å². The minimum atomic E-state index is -1.49. The minimum absolute atomic E-state index is 0.143. The lowest BCUT2D eigenvalue weighted by Gasteiger charge is -2.39. The van der Waals surface area contributed by atoms with Crippen molar-refractivity contribution in [2.45, 2.75) is 74.3 Å². The van der Waals surface area contributed by atoms with Gasteiger partial charge in [0.1, 0.15) is 48.8 Å². The molecule has 0 aromatic carbocycles. The average molecular weight is 458 g/mol. The van der Waals surface area contributed by atoms with E-state index in [1.807, 2.05) is 0 Å². The quantitative estimate of drug-likeness (QED) is 0.130. The Morgan fingerprint density at radius 2 is 0.903 bits per heavy atom. The fraction of sp³-hybridized carbons (Fsp3) is 1.00. The summed E-state index contributed by atoms with van der Waals surface area (Å²) in [5.41, 5.74) is 0. The Morgan fingerprint density at radius 3 is 1.26 bits per heavy atom. The van der Waals surface area contributed by atoms with Gasteiger partial charge in [0.05, 0.1) is 26.4 Å². The molecule has 2 aliphatic heterocycles. The smallest absolute Gasteiger partial charge is 0.186 e. The van der Waals surface area contributed by atoms with Crippen LogP contribution < -0.4 is 0 Å². The van der Waals surface area contributed by atoms with Crippen molar-refractivity contribution in [2.75, 3.05) is 39.6 Å². The van der Waals surface area contributed by atoms with Crippen molar-refractivity contribution in [3.63, 3.8) is 0 Å². The highest BCUT2D eigenvalue weighted by Crippen LogP contribution is 2.23. The molecular weight excluding hydrogens is 424 g/mol. The van der Waals surface area contributed by atoms with Crippen LogP contribution in [0.15, 0.2) is 0 Å². The normalized spacial score (nSPS) is 41.4. The van der Waals surface area contributed by atoms with Crippen LogP contribution >= 0.6 is 0 Å². The van der Waals surface area contributed by atoms with E-state index in [9.17, 15) is 30.6 Å². The molecule has 0 bridgehead atoms. The van der Waals surface area contributed by atoms with Crippen molar-refractivity contribution in [1.29, 1.82) is 0 Å². The Hall–Kier alpha value is -0.520. The molecule has 0 spiro atoms. The molecule has 2 fully saturated rings. The third-order valence-corrected chi connectivity index (χ3v) is 5.13. The van der Waals surface area contributed by atoms with Gasteiger partial charge in [-0.3, -0.25) is 0 Å². The van der Waals surface area contributed by atoms with Gasteiger partial charge in [-0.1, -0.05) is 0 Å². The molecule has 13 heteroatoms. The van der Waals surface area contributed by atoms with E-state index in [4.69, 9.17) is 33.9 Å². The predicted molar refractivity (Wildman–Crippen MR) is 99.5 cm³/mol. The number of aliphatic hydroxyl groups excluding tert-OH is 8. The summed E-state index contributed by atoms with van der Waals surface area (Å²) in [7, 11) is 0. The van der Waals surface area contributed by atoms with Gasteiger partial charge in [0.15, 0.2) is 12.6 Å². The summed E-state index contributed by atoms with van der Waals surface area (Å²) in [6.45, 7) is -0.138. The number of ether oxygens (including phenoxy) is 5. The maximum Gasteiger partial charge on any atom is 0.186 e. The number of rotatable bonds is 12. The van der Waals surface area contributed by atoms with Gasteiger partial charge in [0.2, 0.25) is 0 Å². The molecule has 2 rings (SSSR count). The lowest BCUT2D eigenvalue weighted by Crippen LogP contribution is -2.59. The third-order valence-electron chi connectivity index (χ3n) is 5.13. The lowest BCUT2D eigenvalue weighted by molar-refractivity contribution is -0.301. The van der Waals surface area contributed by atoms with Gasteiger partial charge in [0.25, 0.3) is 0 Å². The van der Waals surface area contributed by atoms with Crippen LogP contribution in [0.2, 0.25) is 0 Å². The van der Waals surface area contributed by atoms with E-state index in [0.29, 0.717) is 26.1 Å². The molecule has 10 atom stereocenters. The maximum atomic E-state index is 9.85. The molecule has 0 saturated carbocycles. The molecule has 2 aliphatic rings. The molecule has 2 heterocycles. The molecule has 31 heavy (non-hydrogen) atoms. The Morgan fingerprint density at radius 1 is 0.516 bits per heavy atom. The minimum Gasteiger partial charge on any atom is -0.394 e. The Labute approximate surface area is 179 Å². The first-order chi connectivity index (χ1) is 14.8. The van der Waals surface area contributed by atoms with E-state index in [0.717, 1.165) is 0 Å². The molecule has 0 radical (unpaired) electrons. The molecule has 0 aromatic heterocycles. The van der Waals surface area contributed by atoms with Crippen molar-refractivity contribution in [3.05, 3.63) is 0 Å². The van der Waals surface area contributed by atoms with Crippen LogP contribution in [0.5, 0.6) is 0 Å². The van der Waals surface area contributed by atoms with E-state index >= 15 is 0 Å². The van der Waals surface area contributed by atoms with Crippen molar-refractivity contribution in [3.8, 4) is 0 Å². The number of aliphatic hydroxyl groups is 8. The summed E-state index contributed by atoms with van der Waals surface area (Å²) in [5.74, 6) is 0. The standard InChI is InChI=1S/C18H34O13/c19-7-9-11(21)13(23)15(25)17(30-9)28-5-1-3-27-4-2-6-29-18-16(26)14(24)12(22)10(8-20)31-18/h9-26H,1-8H2/t9-,10-,11+,12+,13+,14+,15-,16-,17-,18-/m1/s1. The molecule has 2 saturated heterocycles. The molecule has 0 aromatic rings. The summed E-state index contributed by atoms with van der Waals surface area (Å²) in [6.07, 6.45) is -12.3. The molecular formula is C18H34O13. The van der Waals surface area contributed by atoms with Gasteiger partial charge in [-0.25, -0.2) is 0 Å². The molecule has 0 unspecified atom stereocenters. The van der Waals surface area contributed by atoms with Crippen LogP contribution in [-0.4, -0.2) is 142 Å². The monoisotopic (exact) mass is 458 g/mol. The zero-order valence-corrected chi connectivity index (χ0v) is 17.0. The van der Waals surface area contributed by atoms with Crippen molar-refractivity contribution < 1.29 is 64.5 Å². The molecule has 0 aliphatic carbocycles. The average Bonchev–Trinajstić information content (AvgIpc) is 2.77. The SMILES string of the molecule is OC[C@H]1O[C@@H](OCCCOCCCO[C@@H]2O[C@H](CO)[C@H](O)[C@H](O)[C@H]2O)[C@H](O)[C@@H](O)[C@H]1O. The first kappa shape index (κ1) is 26.7. The molecule has 8 N–H and O–H groups in total. The van der Waals surface area contributed by atoms with Crippen molar-refractivity contribution >= 4 is 0 Å². The van der Waals surface area contributed by atoms with E-state index < -0.39 is 74.6 Å². The van der Waals surface area contributed by atoms with Gasteiger partial charge >= 0.3 is 0 Å². The van der Waals surface area contributed by atoms with Crippen LogP contribution in [0.1, 0.15) is 12.8 Å². The maximum absolute atomic E-state index is 9.85. The van der Waals surface area contributed by atoms with E-state index in [-0.39, 0.29) is 13.2 Å². The topological polar surface area (TPSA) is 208 Å². The highest BCUT2D eigenvalue weighted by atomic mass is 16.7. The van der Waals surface area contributed by atoms with E-state index in [1.165, 1.54) is 0 Å². The van der Waals surface area contributed by atoms with Crippen molar-refractivity contribution in [2.24, 2.45) is 0 Å². The first-order valence-corrected chi connectivity index (χ1v) is 10.2. The number of hydrogen-bond acceptors (Lipinski definition) is 13. The third kappa shape index (κ3) is 7.23. The van der Waals surface area contributed by atoms with Crippen molar-refractivity contribution in [1.82, 2.24) is 0 Å². The van der Waals surface area contributed by atoms with Crippen LogP contribution in [0, 0.1) is 0 Å². The first-order valence-electron chi connectivity index (χ1n) is 10.2. The summed E-state index contributed by atoms with van der Waals surface area (Å²) < 4.78 is 26.5. The van der Waals surface area contributed by atoms with Crippen LogP contribution in [0.3, 0.4) is 0 Å². The summed E-state index contributed by atoms with van der Waals surface area (Å²) in [4.78, 5) is 0. The van der Waals surface area contributed by atoms with E-state index in [2.05, 4.69) is 0 Å². The highest BCUT2D eigenvalue weighted by molar-refractivity contribution is 4.89. The fourth-order valence-electron chi connectivity index (χ4n) is 3.23. The molecule has 0 amide bonds. The second-order valence-corrected chi connectivity index (χ2v) is 7.46. The number of hydrogen-bond donors (Lipinski definition) is 8.